The molecule has 3 N–H and O–H groups in total. The molecule has 0 bridgehead atoms. The van der Waals surface area contributed by atoms with Crippen molar-refractivity contribution < 1.29 is 0 Å². The highest BCUT2D eigenvalue weighted by Gasteiger charge is 2.15. The van der Waals surface area contributed by atoms with Crippen LogP contribution in [0.5, 0.6) is 0 Å². The summed E-state index contributed by atoms with van der Waals surface area (Å²) in [5, 5.41) is 2.09. The van der Waals surface area contributed by atoms with Gasteiger partial charge >= 0.3 is 0 Å². The molecule has 0 fully saturated rings. The molecule has 2 heterocycles. The number of hydrogen-bond donors (Lipinski definition) is 2. The topological polar surface area (TPSA) is 50.9 Å². The summed E-state index contributed by atoms with van der Waals surface area (Å²) in [6.07, 6.45) is 3.69. The number of hydrazine groups is 1. The molecule has 0 aliphatic heterocycles. The summed E-state index contributed by atoms with van der Waals surface area (Å²) in [6.45, 7) is 2.14. The molecule has 2 aromatic heterocycles. The molecule has 0 aliphatic carbocycles. The van der Waals surface area contributed by atoms with Gasteiger partial charge in [0.05, 0.1) is 11.7 Å². The van der Waals surface area contributed by atoms with Gasteiger partial charge in [-0.25, -0.2) is 0 Å². The number of aryl methyl sites for hydroxylation is 1. The van der Waals surface area contributed by atoms with Crippen LogP contribution >= 0.6 is 11.3 Å². The molecule has 0 aromatic carbocycles. The number of hydrogen-bond acceptors (Lipinski definition) is 4. The molecule has 0 saturated carbocycles. The molecule has 0 saturated heterocycles. The van der Waals surface area contributed by atoms with Crippen LogP contribution in [0.25, 0.3) is 0 Å². The minimum absolute atomic E-state index is 0.0878. The lowest BCUT2D eigenvalue weighted by Gasteiger charge is -2.17. The lowest BCUT2D eigenvalue weighted by molar-refractivity contribution is 0.537. The molecule has 2 aromatic rings. The number of thiophene rings is 1. The van der Waals surface area contributed by atoms with E-state index in [2.05, 4.69) is 40.9 Å². The summed E-state index contributed by atoms with van der Waals surface area (Å²) in [7, 11) is 0. The van der Waals surface area contributed by atoms with Gasteiger partial charge in [-0.05, 0) is 29.5 Å². The van der Waals surface area contributed by atoms with Crippen molar-refractivity contribution in [2.45, 2.75) is 25.8 Å². The first-order valence-electron chi connectivity index (χ1n) is 5.77. The number of rotatable bonds is 5. The third-order valence-corrected chi connectivity index (χ3v) is 3.72. The largest absolute Gasteiger partial charge is 0.271 e. The van der Waals surface area contributed by atoms with E-state index < -0.39 is 0 Å². The minimum atomic E-state index is 0.0878. The maximum Gasteiger partial charge on any atom is 0.0683 e. The fourth-order valence-electron chi connectivity index (χ4n) is 1.93. The first-order chi connectivity index (χ1) is 8.35. The summed E-state index contributed by atoms with van der Waals surface area (Å²) < 4.78 is 0. The minimum Gasteiger partial charge on any atom is -0.271 e. The summed E-state index contributed by atoms with van der Waals surface area (Å²) >= 11 is 1.75. The predicted molar refractivity (Wildman–Crippen MR) is 71.7 cm³/mol. The Labute approximate surface area is 106 Å². The molecular weight excluding hydrogens is 230 g/mol. The zero-order chi connectivity index (χ0) is 12.1. The zero-order valence-corrected chi connectivity index (χ0v) is 10.7. The molecular formula is C13H17N3S. The first kappa shape index (κ1) is 12.2. The second-order valence-electron chi connectivity index (χ2n) is 3.90. The normalized spacial score (nSPS) is 12.6. The summed E-state index contributed by atoms with van der Waals surface area (Å²) in [5.41, 5.74) is 5.19. The van der Waals surface area contributed by atoms with E-state index >= 15 is 0 Å². The van der Waals surface area contributed by atoms with E-state index in [9.17, 15) is 0 Å². The van der Waals surface area contributed by atoms with E-state index in [-0.39, 0.29) is 6.04 Å². The van der Waals surface area contributed by atoms with Gasteiger partial charge in [0.15, 0.2) is 0 Å². The van der Waals surface area contributed by atoms with Crippen LogP contribution in [0.15, 0.2) is 35.8 Å². The Morgan fingerprint density at radius 1 is 1.41 bits per heavy atom. The molecule has 0 radical (unpaired) electrons. The predicted octanol–water partition coefficient (Wildman–Crippen LogP) is 2.45. The zero-order valence-electron chi connectivity index (χ0n) is 9.89. The number of nitrogens with two attached hydrogens (primary N) is 1. The number of pyridine rings is 1. The maximum atomic E-state index is 5.66. The fourth-order valence-corrected chi connectivity index (χ4v) is 2.68. The van der Waals surface area contributed by atoms with E-state index in [0.717, 1.165) is 18.5 Å². The molecule has 3 nitrogen and oxygen atoms in total. The van der Waals surface area contributed by atoms with E-state index in [1.54, 1.807) is 11.3 Å². The van der Waals surface area contributed by atoms with Crippen molar-refractivity contribution in [1.82, 2.24) is 10.4 Å². The van der Waals surface area contributed by atoms with E-state index in [4.69, 9.17) is 5.84 Å². The molecule has 90 valence electrons. The smallest absolute Gasteiger partial charge is 0.0683 e. The van der Waals surface area contributed by atoms with Crippen molar-refractivity contribution in [3.05, 3.63) is 52.0 Å². The average molecular weight is 247 g/mol. The Morgan fingerprint density at radius 2 is 2.29 bits per heavy atom. The quantitative estimate of drug-likeness (QED) is 0.630. The second-order valence-corrected chi connectivity index (χ2v) is 4.94. The van der Waals surface area contributed by atoms with Crippen LogP contribution in [-0.4, -0.2) is 4.98 Å². The second kappa shape index (κ2) is 5.91. The van der Waals surface area contributed by atoms with Crippen LogP contribution in [0, 0.1) is 0 Å². The highest BCUT2D eigenvalue weighted by molar-refractivity contribution is 7.09. The first-order valence-corrected chi connectivity index (χ1v) is 6.65. The average Bonchev–Trinajstić information content (AvgIpc) is 2.89. The Balaban J connectivity index is 2.22. The van der Waals surface area contributed by atoms with Crippen molar-refractivity contribution in [3.8, 4) is 0 Å². The van der Waals surface area contributed by atoms with Crippen LogP contribution in [0.4, 0.5) is 0 Å². The molecule has 2 rings (SSSR count). The Hall–Kier alpha value is -1.23. The van der Waals surface area contributed by atoms with Gasteiger partial charge in [-0.3, -0.25) is 16.3 Å². The Morgan fingerprint density at radius 3 is 2.94 bits per heavy atom. The third kappa shape index (κ3) is 2.91. The molecule has 4 heteroatoms. The molecule has 0 amide bonds. The van der Waals surface area contributed by atoms with Gasteiger partial charge < -0.3 is 0 Å². The van der Waals surface area contributed by atoms with Crippen LogP contribution < -0.4 is 11.3 Å². The lowest BCUT2D eigenvalue weighted by atomic mass is 10.0. The summed E-state index contributed by atoms with van der Waals surface area (Å²) in [5.74, 6) is 5.66. The number of aromatic nitrogens is 1. The fraction of sp³-hybridized carbons (Fsp3) is 0.308. The van der Waals surface area contributed by atoms with E-state index in [1.807, 2.05) is 12.3 Å². The Bertz CT molecular complexity index is 453. The van der Waals surface area contributed by atoms with Gasteiger partial charge in [0.25, 0.3) is 0 Å². The Kier molecular flexibility index (Phi) is 4.25. The van der Waals surface area contributed by atoms with Crippen molar-refractivity contribution in [2.24, 2.45) is 5.84 Å². The van der Waals surface area contributed by atoms with Gasteiger partial charge in [-0.15, -0.1) is 11.3 Å². The number of nitrogens with zero attached hydrogens (tertiary/aromatic N) is 1. The van der Waals surface area contributed by atoms with Gasteiger partial charge in [0.1, 0.15) is 0 Å². The lowest BCUT2D eigenvalue weighted by Crippen LogP contribution is -2.30. The standard InChI is InChI=1S/C13H17N3S/c1-2-10-5-3-7-15-13(10)12(16-14)9-11-6-4-8-17-11/h3-8,12,16H,2,9,14H2,1H3. The van der Waals surface area contributed by atoms with Crippen LogP contribution in [-0.2, 0) is 12.8 Å². The van der Waals surface area contributed by atoms with Crippen LogP contribution in [0.3, 0.4) is 0 Å². The third-order valence-electron chi connectivity index (χ3n) is 2.82. The van der Waals surface area contributed by atoms with Gasteiger partial charge in [0, 0.05) is 17.5 Å². The van der Waals surface area contributed by atoms with Gasteiger partial charge in [0.2, 0.25) is 0 Å². The van der Waals surface area contributed by atoms with Crippen LogP contribution in [0.1, 0.15) is 29.1 Å². The monoisotopic (exact) mass is 247 g/mol. The number of nitrogens with one attached hydrogen (secondary N) is 1. The molecule has 1 atom stereocenters. The van der Waals surface area contributed by atoms with Crippen molar-refractivity contribution in [3.63, 3.8) is 0 Å². The molecule has 0 spiro atoms. The van der Waals surface area contributed by atoms with Gasteiger partial charge in [-0.2, -0.15) is 0 Å². The highest BCUT2D eigenvalue weighted by Crippen LogP contribution is 2.22. The summed E-state index contributed by atoms with van der Waals surface area (Å²) in [6, 6.07) is 8.36. The summed E-state index contributed by atoms with van der Waals surface area (Å²) in [4.78, 5) is 5.78. The molecule has 1 unspecified atom stereocenters. The van der Waals surface area contributed by atoms with Gasteiger partial charge in [-0.1, -0.05) is 19.1 Å². The van der Waals surface area contributed by atoms with E-state index in [1.165, 1.54) is 10.4 Å². The molecule has 17 heavy (non-hydrogen) atoms. The maximum absolute atomic E-state index is 5.66. The van der Waals surface area contributed by atoms with Crippen molar-refractivity contribution >= 4 is 11.3 Å². The molecule has 0 aliphatic rings. The van der Waals surface area contributed by atoms with E-state index in [0.29, 0.717) is 0 Å². The van der Waals surface area contributed by atoms with Crippen LogP contribution in [0.2, 0.25) is 0 Å². The SMILES string of the molecule is CCc1cccnc1C(Cc1cccs1)NN. The van der Waals surface area contributed by atoms with Crippen molar-refractivity contribution in [1.29, 1.82) is 0 Å². The highest BCUT2D eigenvalue weighted by atomic mass is 32.1. The van der Waals surface area contributed by atoms with Crippen molar-refractivity contribution in [2.75, 3.05) is 0 Å².